The lowest BCUT2D eigenvalue weighted by atomic mass is 10.3. The summed E-state index contributed by atoms with van der Waals surface area (Å²) in [5.41, 5.74) is 1.83. The van der Waals surface area contributed by atoms with Crippen LogP contribution in [0.2, 0.25) is 0 Å². The number of fused-ring (bicyclic) bond motifs is 1. The Labute approximate surface area is 137 Å². The van der Waals surface area contributed by atoms with E-state index in [1.165, 1.54) is 17.3 Å². The summed E-state index contributed by atoms with van der Waals surface area (Å²) in [5, 5.41) is 0. The van der Waals surface area contributed by atoms with E-state index in [1.54, 1.807) is 13.4 Å². The fourth-order valence-corrected chi connectivity index (χ4v) is 2.54. The van der Waals surface area contributed by atoms with Crippen LogP contribution in [0.4, 0.5) is 8.78 Å². The van der Waals surface area contributed by atoms with Crippen LogP contribution < -0.4 is 0 Å². The lowest BCUT2D eigenvalue weighted by molar-refractivity contribution is -0.130. The van der Waals surface area contributed by atoms with Crippen LogP contribution in [0.5, 0.6) is 0 Å². The highest BCUT2D eigenvalue weighted by molar-refractivity contribution is 5.77. The predicted molar refractivity (Wildman–Crippen MR) is 84.3 cm³/mol. The van der Waals surface area contributed by atoms with Gasteiger partial charge in [-0.3, -0.25) is 9.36 Å². The zero-order valence-electron chi connectivity index (χ0n) is 13.1. The second-order valence-electron chi connectivity index (χ2n) is 5.45. The molecular formula is C16H17F2N5O. The van der Waals surface area contributed by atoms with Gasteiger partial charge in [0.1, 0.15) is 5.82 Å². The first kappa shape index (κ1) is 16.1. The summed E-state index contributed by atoms with van der Waals surface area (Å²) >= 11 is 0. The van der Waals surface area contributed by atoms with Crippen molar-refractivity contribution in [2.45, 2.75) is 26.1 Å². The number of carbonyl (C=O) groups is 1. The summed E-state index contributed by atoms with van der Waals surface area (Å²) in [7, 11) is 1.58. The normalized spacial score (nSPS) is 11.3. The molecule has 0 aliphatic rings. The Morgan fingerprint density at radius 2 is 2.08 bits per heavy atom. The minimum Gasteiger partial charge on any atom is -0.338 e. The van der Waals surface area contributed by atoms with E-state index in [9.17, 15) is 13.6 Å². The Balaban J connectivity index is 1.61. The average Bonchev–Trinajstić information content (AvgIpc) is 3.19. The van der Waals surface area contributed by atoms with Crippen molar-refractivity contribution in [3.05, 3.63) is 48.8 Å². The summed E-state index contributed by atoms with van der Waals surface area (Å²) in [6, 6.07) is 7.67. The Kier molecular flexibility index (Phi) is 4.54. The number of alkyl halides is 2. The molecular weight excluding hydrogens is 316 g/mol. The van der Waals surface area contributed by atoms with Gasteiger partial charge in [-0.15, -0.1) is 0 Å². The molecule has 0 fully saturated rings. The smallest absolute Gasteiger partial charge is 0.319 e. The van der Waals surface area contributed by atoms with E-state index >= 15 is 0 Å². The summed E-state index contributed by atoms with van der Waals surface area (Å²) in [5.74, 6) is 0.0190. The number of rotatable bonds is 6. The van der Waals surface area contributed by atoms with Gasteiger partial charge in [0.25, 0.3) is 0 Å². The van der Waals surface area contributed by atoms with Crippen molar-refractivity contribution in [2.75, 3.05) is 7.05 Å². The molecule has 1 amide bonds. The summed E-state index contributed by atoms with van der Waals surface area (Å²) in [6.07, 6.45) is 4.46. The molecule has 0 saturated carbocycles. The van der Waals surface area contributed by atoms with Gasteiger partial charge in [-0.05, 0) is 12.1 Å². The molecule has 126 valence electrons. The van der Waals surface area contributed by atoms with Gasteiger partial charge in [-0.2, -0.15) is 8.78 Å². The van der Waals surface area contributed by atoms with Crippen LogP contribution in [-0.4, -0.2) is 37.0 Å². The molecule has 0 radical (unpaired) electrons. The maximum atomic E-state index is 12.8. The van der Waals surface area contributed by atoms with Crippen molar-refractivity contribution < 1.29 is 13.6 Å². The first-order chi connectivity index (χ1) is 11.6. The van der Waals surface area contributed by atoms with Gasteiger partial charge in [0.2, 0.25) is 5.91 Å². The first-order valence-corrected chi connectivity index (χ1v) is 7.50. The molecule has 0 spiro atoms. The van der Waals surface area contributed by atoms with Crippen molar-refractivity contribution in [3.8, 4) is 0 Å². The fourth-order valence-electron chi connectivity index (χ4n) is 2.54. The second-order valence-corrected chi connectivity index (χ2v) is 5.45. The highest BCUT2D eigenvalue weighted by Gasteiger charge is 2.16. The van der Waals surface area contributed by atoms with Crippen LogP contribution in [0, 0.1) is 0 Å². The monoisotopic (exact) mass is 333 g/mol. The third-order valence-electron chi connectivity index (χ3n) is 3.86. The fraction of sp³-hybridized carbons (Fsp3) is 0.312. The van der Waals surface area contributed by atoms with Gasteiger partial charge in [0.05, 0.1) is 23.9 Å². The molecule has 8 heteroatoms. The van der Waals surface area contributed by atoms with Crippen molar-refractivity contribution in [1.29, 1.82) is 0 Å². The minimum atomic E-state index is -2.66. The number of benzene rings is 1. The molecule has 0 unspecified atom stereocenters. The number of nitrogens with zero attached hydrogens (tertiary/aromatic N) is 5. The molecule has 0 N–H and O–H groups in total. The molecule has 1 aromatic carbocycles. The highest BCUT2D eigenvalue weighted by Crippen LogP contribution is 2.15. The third kappa shape index (κ3) is 3.27. The van der Waals surface area contributed by atoms with Crippen LogP contribution in [0.15, 0.2) is 43.0 Å². The van der Waals surface area contributed by atoms with E-state index in [1.807, 2.05) is 28.8 Å². The lowest BCUT2D eigenvalue weighted by Gasteiger charge is -2.18. The van der Waals surface area contributed by atoms with Crippen molar-refractivity contribution >= 4 is 16.9 Å². The lowest BCUT2D eigenvalue weighted by Crippen LogP contribution is -2.28. The number of carbonyl (C=O) groups excluding carboxylic acids is 1. The van der Waals surface area contributed by atoms with Crippen LogP contribution >= 0.6 is 0 Å². The number of halogens is 2. The standard InChI is InChI=1S/C16H17F2N5O/c1-21(10-14-19-7-9-23(14)16(17)18)15(24)6-8-22-11-20-12-4-2-3-5-13(12)22/h2-5,7,9,11,16H,6,8,10H2,1H3. The first-order valence-electron chi connectivity index (χ1n) is 7.50. The largest absolute Gasteiger partial charge is 0.338 e. The number of aromatic nitrogens is 4. The SMILES string of the molecule is CN(Cc1nccn1C(F)F)C(=O)CCn1cnc2ccccc21. The van der Waals surface area contributed by atoms with Gasteiger partial charge in [-0.25, -0.2) is 9.97 Å². The Morgan fingerprint density at radius 3 is 2.88 bits per heavy atom. The molecule has 3 rings (SSSR count). The van der Waals surface area contributed by atoms with E-state index in [0.717, 1.165) is 15.6 Å². The van der Waals surface area contributed by atoms with Crippen LogP contribution in [0.25, 0.3) is 11.0 Å². The van der Waals surface area contributed by atoms with Crippen molar-refractivity contribution in [1.82, 2.24) is 24.0 Å². The highest BCUT2D eigenvalue weighted by atomic mass is 19.3. The van der Waals surface area contributed by atoms with Gasteiger partial charge in [0, 0.05) is 32.4 Å². The molecule has 0 bridgehead atoms. The quantitative estimate of drug-likeness (QED) is 0.697. The third-order valence-corrected chi connectivity index (χ3v) is 3.86. The molecule has 0 aliphatic heterocycles. The van der Waals surface area contributed by atoms with Gasteiger partial charge in [-0.1, -0.05) is 12.1 Å². The molecule has 24 heavy (non-hydrogen) atoms. The number of imidazole rings is 2. The molecule has 0 saturated heterocycles. The van der Waals surface area contributed by atoms with Crippen LogP contribution in [0.3, 0.4) is 0 Å². The van der Waals surface area contributed by atoms with E-state index in [2.05, 4.69) is 9.97 Å². The zero-order chi connectivity index (χ0) is 17.1. The van der Waals surface area contributed by atoms with Gasteiger partial charge in [0.15, 0.2) is 0 Å². The summed E-state index contributed by atoms with van der Waals surface area (Å²) in [4.78, 5) is 21.8. The van der Waals surface area contributed by atoms with Crippen LogP contribution in [0.1, 0.15) is 18.8 Å². The number of hydrogen-bond donors (Lipinski definition) is 0. The number of hydrogen-bond acceptors (Lipinski definition) is 3. The van der Waals surface area contributed by atoms with E-state index in [0.29, 0.717) is 6.54 Å². The van der Waals surface area contributed by atoms with Crippen molar-refractivity contribution in [2.24, 2.45) is 0 Å². The molecule has 2 heterocycles. The van der Waals surface area contributed by atoms with E-state index in [-0.39, 0.29) is 24.7 Å². The molecule has 0 atom stereocenters. The zero-order valence-corrected chi connectivity index (χ0v) is 13.1. The van der Waals surface area contributed by atoms with Gasteiger partial charge < -0.3 is 9.47 Å². The number of para-hydroxylation sites is 2. The number of aryl methyl sites for hydroxylation is 1. The molecule has 6 nitrogen and oxygen atoms in total. The Morgan fingerprint density at radius 1 is 1.29 bits per heavy atom. The van der Waals surface area contributed by atoms with E-state index < -0.39 is 6.55 Å². The number of amides is 1. The van der Waals surface area contributed by atoms with Gasteiger partial charge >= 0.3 is 6.55 Å². The van der Waals surface area contributed by atoms with E-state index in [4.69, 9.17) is 0 Å². The maximum Gasteiger partial charge on any atom is 0.319 e. The second kappa shape index (κ2) is 6.77. The molecule has 3 aromatic rings. The Hall–Kier alpha value is -2.77. The Bertz CT molecular complexity index is 842. The molecule has 0 aliphatic carbocycles. The summed E-state index contributed by atoms with van der Waals surface area (Å²) < 4.78 is 28.3. The topological polar surface area (TPSA) is 56.0 Å². The van der Waals surface area contributed by atoms with Crippen molar-refractivity contribution in [3.63, 3.8) is 0 Å². The minimum absolute atomic E-state index is 0.0425. The van der Waals surface area contributed by atoms with Crippen LogP contribution in [-0.2, 0) is 17.9 Å². The summed E-state index contributed by atoms with van der Waals surface area (Å²) in [6.45, 7) is -2.14. The maximum absolute atomic E-state index is 12.8. The molecule has 2 aromatic heterocycles. The predicted octanol–water partition coefficient (Wildman–Crippen LogP) is 2.68. The average molecular weight is 333 g/mol.